The van der Waals surface area contributed by atoms with Gasteiger partial charge in [-0.15, -0.1) is 0 Å². The van der Waals surface area contributed by atoms with Gasteiger partial charge in [0.2, 0.25) is 0 Å². The second kappa shape index (κ2) is 5.15. The van der Waals surface area contributed by atoms with Gasteiger partial charge in [-0.2, -0.15) is 0 Å². The minimum Gasteiger partial charge on any atom is -0.333 e. The summed E-state index contributed by atoms with van der Waals surface area (Å²) in [5.41, 5.74) is 5.87. The van der Waals surface area contributed by atoms with Crippen LogP contribution in [0.25, 0.3) is 0 Å². The van der Waals surface area contributed by atoms with Crippen molar-refractivity contribution in [1.82, 2.24) is 10.2 Å². The van der Waals surface area contributed by atoms with Gasteiger partial charge in [0.1, 0.15) is 0 Å². The molecule has 120 valence electrons. The molecule has 2 amide bonds. The second-order valence-electron chi connectivity index (χ2n) is 8.85. The Hall–Kier alpha value is -0.770. The largest absolute Gasteiger partial charge is 0.333 e. The molecule has 4 heteroatoms. The van der Waals surface area contributed by atoms with Crippen molar-refractivity contribution in [2.24, 2.45) is 28.9 Å². The molecule has 4 bridgehead atoms. The second-order valence-corrected chi connectivity index (χ2v) is 8.85. The Kier molecular flexibility index (Phi) is 3.71. The lowest BCUT2D eigenvalue weighted by Gasteiger charge is -2.57. The fraction of sp³-hybridized carbons (Fsp3) is 0.941. The van der Waals surface area contributed by atoms with Crippen molar-refractivity contribution >= 4 is 6.03 Å². The summed E-state index contributed by atoms with van der Waals surface area (Å²) in [6.07, 6.45) is 7.85. The quantitative estimate of drug-likeness (QED) is 0.837. The summed E-state index contributed by atoms with van der Waals surface area (Å²) in [5.74, 6) is 2.59. The SMILES string of the molecule is CN(CC(C)(C)CN)C(=O)NC12CC3CC(CC(C3)C1)C2. The van der Waals surface area contributed by atoms with Crippen molar-refractivity contribution in [2.75, 3.05) is 20.1 Å². The van der Waals surface area contributed by atoms with Crippen molar-refractivity contribution in [3.63, 3.8) is 0 Å². The van der Waals surface area contributed by atoms with Gasteiger partial charge in [0, 0.05) is 19.1 Å². The summed E-state index contributed by atoms with van der Waals surface area (Å²) < 4.78 is 0. The van der Waals surface area contributed by atoms with Gasteiger partial charge < -0.3 is 16.0 Å². The standard InChI is InChI=1S/C17H31N3O/c1-16(2,10-18)11-20(3)15(21)19-17-7-12-4-13(8-17)6-14(5-12)9-17/h12-14H,4-11,18H2,1-3H3,(H,19,21). The summed E-state index contributed by atoms with van der Waals surface area (Å²) in [4.78, 5) is 14.4. The molecule has 4 nitrogen and oxygen atoms in total. The Morgan fingerprint density at radius 3 is 2.10 bits per heavy atom. The monoisotopic (exact) mass is 293 g/mol. The first-order valence-electron chi connectivity index (χ1n) is 8.54. The molecule has 0 heterocycles. The highest BCUT2D eigenvalue weighted by Gasteiger charge is 2.51. The Bertz CT molecular complexity index is 383. The smallest absolute Gasteiger partial charge is 0.317 e. The van der Waals surface area contributed by atoms with Gasteiger partial charge in [-0.3, -0.25) is 0 Å². The molecule has 3 N–H and O–H groups in total. The van der Waals surface area contributed by atoms with Crippen LogP contribution in [0.4, 0.5) is 4.79 Å². The van der Waals surface area contributed by atoms with Crippen molar-refractivity contribution in [3.05, 3.63) is 0 Å². The van der Waals surface area contributed by atoms with Gasteiger partial charge in [0.15, 0.2) is 0 Å². The van der Waals surface area contributed by atoms with Crippen LogP contribution in [-0.4, -0.2) is 36.6 Å². The number of rotatable bonds is 4. The number of nitrogens with one attached hydrogen (secondary N) is 1. The van der Waals surface area contributed by atoms with E-state index in [9.17, 15) is 4.79 Å². The van der Waals surface area contributed by atoms with E-state index >= 15 is 0 Å². The summed E-state index contributed by atoms with van der Waals surface area (Å²) in [7, 11) is 1.90. The summed E-state index contributed by atoms with van der Waals surface area (Å²) in [6.45, 7) is 5.53. The molecule has 4 fully saturated rings. The lowest BCUT2D eigenvalue weighted by Crippen LogP contribution is -2.62. The number of urea groups is 1. The van der Waals surface area contributed by atoms with Gasteiger partial charge in [-0.25, -0.2) is 4.79 Å². The maximum Gasteiger partial charge on any atom is 0.317 e. The van der Waals surface area contributed by atoms with Crippen LogP contribution in [0.3, 0.4) is 0 Å². The molecule has 0 unspecified atom stereocenters. The van der Waals surface area contributed by atoms with Crippen LogP contribution in [0.2, 0.25) is 0 Å². The minimum absolute atomic E-state index is 0.0203. The lowest BCUT2D eigenvalue weighted by atomic mass is 9.53. The zero-order valence-electron chi connectivity index (χ0n) is 13.8. The molecule has 0 atom stereocenters. The fourth-order valence-corrected chi connectivity index (χ4v) is 5.36. The molecule has 0 aromatic heterocycles. The van der Waals surface area contributed by atoms with E-state index in [4.69, 9.17) is 5.73 Å². The maximum absolute atomic E-state index is 12.6. The summed E-state index contributed by atoms with van der Waals surface area (Å²) in [6, 6.07) is 0.0958. The number of carbonyl (C=O) groups excluding carboxylic acids is 1. The van der Waals surface area contributed by atoms with Gasteiger partial charge in [0.25, 0.3) is 0 Å². The average molecular weight is 293 g/mol. The summed E-state index contributed by atoms with van der Waals surface area (Å²) >= 11 is 0. The number of nitrogens with two attached hydrogens (primary N) is 1. The molecule has 4 aliphatic rings. The van der Waals surface area contributed by atoms with Crippen molar-refractivity contribution < 1.29 is 4.79 Å². The molecule has 4 rings (SSSR count). The van der Waals surface area contributed by atoms with Gasteiger partial charge in [-0.05, 0) is 68.2 Å². The normalized spacial score (nSPS) is 37.6. The Morgan fingerprint density at radius 2 is 1.67 bits per heavy atom. The molecular weight excluding hydrogens is 262 g/mol. The molecule has 0 aromatic carbocycles. The Morgan fingerprint density at radius 1 is 1.19 bits per heavy atom. The highest BCUT2D eigenvalue weighted by atomic mass is 16.2. The molecule has 4 aliphatic carbocycles. The highest BCUT2D eigenvalue weighted by Crippen LogP contribution is 2.55. The molecule has 0 aliphatic heterocycles. The van der Waals surface area contributed by atoms with E-state index in [1.165, 1.54) is 38.5 Å². The van der Waals surface area contributed by atoms with Crippen LogP contribution in [0.1, 0.15) is 52.4 Å². The number of hydrogen-bond acceptors (Lipinski definition) is 2. The number of hydrogen-bond donors (Lipinski definition) is 2. The molecule has 4 saturated carbocycles. The molecular formula is C17H31N3O. The number of amides is 2. The van der Waals surface area contributed by atoms with Gasteiger partial charge in [0.05, 0.1) is 0 Å². The van der Waals surface area contributed by atoms with E-state index in [2.05, 4.69) is 19.2 Å². The van der Waals surface area contributed by atoms with Crippen LogP contribution in [0.15, 0.2) is 0 Å². The highest BCUT2D eigenvalue weighted by molar-refractivity contribution is 5.75. The van der Waals surface area contributed by atoms with Crippen LogP contribution in [0, 0.1) is 23.2 Å². The maximum atomic E-state index is 12.6. The first-order valence-corrected chi connectivity index (χ1v) is 8.54. The number of carbonyl (C=O) groups is 1. The van der Waals surface area contributed by atoms with Crippen molar-refractivity contribution in [2.45, 2.75) is 57.9 Å². The first kappa shape index (κ1) is 15.1. The summed E-state index contributed by atoms with van der Waals surface area (Å²) in [5, 5.41) is 3.42. The predicted molar refractivity (Wildman–Crippen MR) is 84.9 cm³/mol. The Labute approximate surface area is 128 Å². The van der Waals surface area contributed by atoms with E-state index in [1.807, 2.05) is 11.9 Å². The van der Waals surface area contributed by atoms with Crippen LogP contribution in [0.5, 0.6) is 0 Å². The topological polar surface area (TPSA) is 58.4 Å². The fourth-order valence-electron chi connectivity index (χ4n) is 5.36. The first-order chi connectivity index (χ1) is 9.81. The third kappa shape index (κ3) is 3.05. The molecule has 21 heavy (non-hydrogen) atoms. The molecule has 0 spiro atoms. The van der Waals surface area contributed by atoms with Gasteiger partial charge >= 0.3 is 6.03 Å². The molecule has 0 radical (unpaired) electrons. The average Bonchev–Trinajstić information content (AvgIpc) is 2.35. The Balaban J connectivity index is 1.62. The molecule has 0 saturated heterocycles. The number of nitrogens with zero attached hydrogens (tertiary/aromatic N) is 1. The van der Waals surface area contributed by atoms with Gasteiger partial charge in [-0.1, -0.05) is 13.8 Å². The van der Waals surface area contributed by atoms with E-state index in [1.54, 1.807) is 0 Å². The van der Waals surface area contributed by atoms with E-state index in [0.717, 1.165) is 17.8 Å². The minimum atomic E-state index is -0.0203. The van der Waals surface area contributed by atoms with Crippen LogP contribution >= 0.6 is 0 Å². The van der Waals surface area contributed by atoms with Crippen LogP contribution < -0.4 is 11.1 Å². The third-order valence-corrected chi connectivity index (χ3v) is 5.97. The lowest BCUT2D eigenvalue weighted by molar-refractivity contribution is -0.0157. The van der Waals surface area contributed by atoms with Crippen molar-refractivity contribution in [1.29, 1.82) is 0 Å². The van der Waals surface area contributed by atoms with Crippen LogP contribution in [-0.2, 0) is 0 Å². The molecule has 0 aromatic rings. The third-order valence-electron chi connectivity index (χ3n) is 5.97. The van der Waals surface area contributed by atoms with Crippen molar-refractivity contribution in [3.8, 4) is 0 Å². The zero-order chi connectivity index (χ0) is 15.3. The van der Waals surface area contributed by atoms with E-state index in [0.29, 0.717) is 13.1 Å². The zero-order valence-corrected chi connectivity index (χ0v) is 13.8. The predicted octanol–water partition coefficient (Wildman–Crippen LogP) is 2.58. The van der Waals surface area contributed by atoms with E-state index < -0.39 is 0 Å². The van der Waals surface area contributed by atoms with E-state index in [-0.39, 0.29) is 17.0 Å².